The van der Waals surface area contributed by atoms with Gasteiger partial charge in [0.15, 0.2) is 5.65 Å². The molecular formula is C7H5ClIN3. The Bertz CT molecular complexity index is 437. The van der Waals surface area contributed by atoms with Crippen molar-refractivity contribution in [1.29, 1.82) is 0 Å². The zero-order valence-corrected chi connectivity index (χ0v) is 9.17. The van der Waals surface area contributed by atoms with Gasteiger partial charge in [0.1, 0.15) is 8.85 Å². The summed E-state index contributed by atoms with van der Waals surface area (Å²) < 4.78 is 2.50. The first-order valence-electron chi connectivity index (χ1n) is 3.35. The number of fused-ring (bicyclic) bond motifs is 1. The van der Waals surface area contributed by atoms with Crippen molar-refractivity contribution in [2.75, 3.05) is 0 Å². The van der Waals surface area contributed by atoms with Crippen molar-refractivity contribution >= 4 is 39.8 Å². The number of rotatable bonds is 0. The van der Waals surface area contributed by atoms with E-state index in [9.17, 15) is 0 Å². The van der Waals surface area contributed by atoms with Crippen molar-refractivity contribution in [3.8, 4) is 0 Å². The fourth-order valence-electron chi connectivity index (χ4n) is 1.02. The molecule has 2 rings (SSSR count). The highest BCUT2D eigenvalue weighted by Crippen LogP contribution is 2.14. The van der Waals surface area contributed by atoms with Gasteiger partial charge in [-0.05, 0) is 29.5 Å². The maximum absolute atomic E-state index is 5.93. The van der Waals surface area contributed by atoms with E-state index in [0.717, 1.165) is 15.0 Å². The van der Waals surface area contributed by atoms with Crippen LogP contribution in [0.4, 0.5) is 0 Å². The van der Waals surface area contributed by atoms with Crippen LogP contribution in [0.3, 0.4) is 0 Å². The number of halogens is 2. The molecule has 5 heteroatoms. The van der Waals surface area contributed by atoms with Crippen molar-refractivity contribution in [3.63, 3.8) is 0 Å². The van der Waals surface area contributed by atoms with Gasteiger partial charge < -0.3 is 0 Å². The van der Waals surface area contributed by atoms with Crippen LogP contribution < -0.4 is 0 Å². The molecule has 2 aromatic heterocycles. The first-order chi connectivity index (χ1) is 5.66. The van der Waals surface area contributed by atoms with E-state index in [1.54, 1.807) is 10.6 Å². The van der Waals surface area contributed by atoms with Gasteiger partial charge in [0.05, 0.1) is 5.69 Å². The van der Waals surface area contributed by atoms with Crippen LogP contribution in [0.15, 0.2) is 12.1 Å². The molecule has 0 radical (unpaired) electrons. The van der Waals surface area contributed by atoms with E-state index in [4.69, 9.17) is 11.6 Å². The second-order valence-corrected chi connectivity index (χ2v) is 3.95. The molecule has 0 aromatic carbocycles. The highest BCUT2D eigenvalue weighted by atomic mass is 127. The van der Waals surface area contributed by atoms with Crippen molar-refractivity contribution in [1.82, 2.24) is 14.6 Å². The summed E-state index contributed by atoms with van der Waals surface area (Å²) in [4.78, 5) is 4.26. The lowest BCUT2D eigenvalue weighted by Gasteiger charge is -1.95. The maximum Gasteiger partial charge on any atom is 0.158 e. The number of nitrogens with zero attached hydrogens (tertiary/aromatic N) is 3. The topological polar surface area (TPSA) is 30.2 Å². The molecule has 0 N–H and O–H groups in total. The maximum atomic E-state index is 5.93. The Balaban J connectivity index is 2.88. The lowest BCUT2D eigenvalue weighted by Crippen LogP contribution is -1.93. The number of aryl methyl sites for hydroxylation is 1. The van der Waals surface area contributed by atoms with E-state index >= 15 is 0 Å². The second-order valence-electron chi connectivity index (χ2n) is 2.46. The van der Waals surface area contributed by atoms with Crippen LogP contribution in [0, 0.1) is 10.6 Å². The molecule has 3 nitrogen and oxygen atoms in total. The smallest absolute Gasteiger partial charge is 0.158 e. The minimum absolute atomic E-state index is 0.595. The van der Waals surface area contributed by atoms with E-state index in [0.29, 0.717) is 5.15 Å². The first kappa shape index (κ1) is 8.25. The van der Waals surface area contributed by atoms with Gasteiger partial charge in [-0.25, -0.2) is 9.50 Å². The quantitative estimate of drug-likeness (QED) is 0.551. The van der Waals surface area contributed by atoms with E-state index in [1.165, 1.54) is 0 Å². The molecule has 0 spiro atoms. The van der Waals surface area contributed by atoms with Crippen LogP contribution in [0.5, 0.6) is 0 Å². The molecule has 0 atom stereocenters. The van der Waals surface area contributed by atoms with Gasteiger partial charge in [-0.2, -0.15) is 5.10 Å². The lowest BCUT2D eigenvalue weighted by molar-refractivity contribution is 0.913. The van der Waals surface area contributed by atoms with Crippen LogP contribution >= 0.6 is 34.2 Å². The Labute approximate surface area is 87.9 Å². The molecule has 2 aromatic rings. The summed E-state index contributed by atoms with van der Waals surface area (Å²) in [5, 5.41) is 4.77. The average molecular weight is 293 g/mol. The molecule has 0 unspecified atom stereocenters. The number of hydrogen-bond acceptors (Lipinski definition) is 2. The van der Waals surface area contributed by atoms with E-state index in [1.807, 2.05) is 13.0 Å². The SMILES string of the molecule is Cc1cc2nc(I)cc(Cl)n2n1. The molecule has 0 amide bonds. The molecule has 0 fully saturated rings. The van der Waals surface area contributed by atoms with Crippen molar-refractivity contribution in [2.45, 2.75) is 6.92 Å². The van der Waals surface area contributed by atoms with Crippen LogP contribution in [0.25, 0.3) is 5.65 Å². The monoisotopic (exact) mass is 293 g/mol. The molecule has 0 aliphatic heterocycles. The third kappa shape index (κ3) is 1.29. The standard InChI is InChI=1S/C7H5ClIN3/c1-4-2-7-10-6(9)3-5(8)12(7)11-4/h2-3H,1H3. The van der Waals surface area contributed by atoms with Gasteiger partial charge in [-0.15, -0.1) is 0 Å². The molecule has 2 heterocycles. The fraction of sp³-hybridized carbons (Fsp3) is 0.143. The predicted octanol–water partition coefficient (Wildman–Crippen LogP) is 2.30. The fourth-order valence-corrected chi connectivity index (χ4v) is 1.98. The Hall–Kier alpha value is -0.360. The average Bonchev–Trinajstić information content (AvgIpc) is 2.29. The minimum Gasteiger partial charge on any atom is -0.222 e. The second kappa shape index (κ2) is 2.85. The largest absolute Gasteiger partial charge is 0.222 e. The zero-order chi connectivity index (χ0) is 8.72. The van der Waals surface area contributed by atoms with Gasteiger partial charge in [-0.3, -0.25) is 0 Å². The summed E-state index contributed by atoms with van der Waals surface area (Å²) in [5.41, 5.74) is 1.72. The summed E-state index contributed by atoms with van der Waals surface area (Å²) >= 11 is 8.06. The minimum atomic E-state index is 0.595. The van der Waals surface area contributed by atoms with Gasteiger partial charge in [0.2, 0.25) is 0 Å². The van der Waals surface area contributed by atoms with Crippen molar-refractivity contribution < 1.29 is 0 Å². The molecule has 0 aliphatic carbocycles. The Morgan fingerprint density at radius 3 is 3.00 bits per heavy atom. The zero-order valence-electron chi connectivity index (χ0n) is 6.25. The van der Waals surface area contributed by atoms with Crippen molar-refractivity contribution in [3.05, 3.63) is 26.7 Å². The molecular weight excluding hydrogens is 288 g/mol. The van der Waals surface area contributed by atoms with Crippen LogP contribution in [0.1, 0.15) is 5.69 Å². The first-order valence-corrected chi connectivity index (χ1v) is 4.81. The summed E-state index contributed by atoms with van der Waals surface area (Å²) in [6.45, 7) is 1.91. The van der Waals surface area contributed by atoms with Crippen molar-refractivity contribution in [2.24, 2.45) is 0 Å². The summed E-state index contributed by atoms with van der Waals surface area (Å²) in [6.07, 6.45) is 0. The summed E-state index contributed by atoms with van der Waals surface area (Å²) in [5.74, 6) is 0. The normalized spacial score (nSPS) is 10.9. The third-order valence-corrected chi connectivity index (χ3v) is 2.30. The highest BCUT2D eigenvalue weighted by Gasteiger charge is 2.03. The van der Waals surface area contributed by atoms with Gasteiger partial charge in [-0.1, -0.05) is 11.6 Å². The molecule has 0 saturated heterocycles. The molecule has 12 heavy (non-hydrogen) atoms. The third-order valence-electron chi connectivity index (χ3n) is 1.47. The van der Waals surface area contributed by atoms with E-state index in [2.05, 4.69) is 32.7 Å². The summed E-state index contributed by atoms with van der Waals surface area (Å²) in [6, 6.07) is 3.68. The Morgan fingerprint density at radius 2 is 2.25 bits per heavy atom. The lowest BCUT2D eigenvalue weighted by atomic mass is 10.5. The van der Waals surface area contributed by atoms with Gasteiger partial charge in [0, 0.05) is 12.1 Å². The summed E-state index contributed by atoms with van der Waals surface area (Å²) in [7, 11) is 0. The molecule has 0 saturated carbocycles. The Kier molecular flexibility index (Phi) is 1.96. The van der Waals surface area contributed by atoms with Crippen LogP contribution in [0.2, 0.25) is 5.15 Å². The van der Waals surface area contributed by atoms with Gasteiger partial charge in [0.25, 0.3) is 0 Å². The Morgan fingerprint density at radius 1 is 1.50 bits per heavy atom. The molecule has 0 bridgehead atoms. The number of hydrogen-bond donors (Lipinski definition) is 0. The number of aromatic nitrogens is 3. The van der Waals surface area contributed by atoms with E-state index in [-0.39, 0.29) is 0 Å². The predicted molar refractivity (Wildman–Crippen MR) is 55.5 cm³/mol. The molecule has 62 valence electrons. The van der Waals surface area contributed by atoms with Gasteiger partial charge >= 0.3 is 0 Å². The van der Waals surface area contributed by atoms with Crippen LogP contribution in [-0.2, 0) is 0 Å². The van der Waals surface area contributed by atoms with E-state index < -0.39 is 0 Å². The van der Waals surface area contributed by atoms with Crippen LogP contribution in [-0.4, -0.2) is 14.6 Å². The molecule has 0 aliphatic rings. The highest BCUT2D eigenvalue weighted by molar-refractivity contribution is 14.1.